The van der Waals surface area contributed by atoms with Crippen molar-refractivity contribution in [3.05, 3.63) is 57.2 Å². The van der Waals surface area contributed by atoms with Crippen LogP contribution in [-0.2, 0) is 14.8 Å². The summed E-state index contributed by atoms with van der Waals surface area (Å²) in [6.45, 7) is 3.67. The standard InChI is InChI=1S/C24H24Cl3N3O5S/c25-16-2-3-18(26)22(14-16)36(32,33)30-7-1-6-28(8-9-30)19-4-5-20-17(23(19)27)15-21(35-20)24(31)29-10-12-34-13-11-29/h2-5,14-15H,1,6-13H2. The van der Waals surface area contributed by atoms with Crippen LogP contribution in [0.1, 0.15) is 17.0 Å². The Labute approximate surface area is 224 Å². The van der Waals surface area contributed by atoms with Crippen LogP contribution in [0.3, 0.4) is 0 Å². The molecule has 0 atom stereocenters. The van der Waals surface area contributed by atoms with Gasteiger partial charge in [0.15, 0.2) is 5.76 Å². The number of benzene rings is 2. The number of carbonyl (C=O) groups excluding carboxylic acids is 1. The van der Waals surface area contributed by atoms with Crippen molar-refractivity contribution in [1.29, 1.82) is 0 Å². The van der Waals surface area contributed by atoms with Gasteiger partial charge in [-0.05, 0) is 42.8 Å². The third kappa shape index (κ3) is 4.92. The molecule has 2 aliphatic heterocycles. The van der Waals surface area contributed by atoms with E-state index in [1.807, 2.05) is 11.0 Å². The summed E-state index contributed by atoms with van der Waals surface area (Å²) < 4.78 is 39.1. The van der Waals surface area contributed by atoms with Crippen molar-refractivity contribution >= 4 is 67.4 Å². The molecule has 2 saturated heterocycles. The van der Waals surface area contributed by atoms with Gasteiger partial charge in [-0.3, -0.25) is 4.79 Å². The van der Waals surface area contributed by atoms with Gasteiger partial charge in [0.05, 0.1) is 28.9 Å². The normalized spacial score (nSPS) is 18.0. The SMILES string of the molecule is O=C(c1cc2c(Cl)c(N3CCCN(S(=O)(=O)c4cc(Cl)ccc4Cl)CC3)ccc2o1)N1CCOCC1. The van der Waals surface area contributed by atoms with E-state index in [0.29, 0.717) is 73.4 Å². The zero-order valence-corrected chi connectivity index (χ0v) is 22.3. The number of hydrogen-bond donors (Lipinski definition) is 0. The van der Waals surface area contributed by atoms with E-state index in [4.69, 9.17) is 44.0 Å². The molecule has 3 heterocycles. The molecule has 0 spiro atoms. The Morgan fingerprint density at radius 1 is 0.889 bits per heavy atom. The van der Waals surface area contributed by atoms with Gasteiger partial charge in [0.2, 0.25) is 10.0 Å². The monoisotopic (exact) mass is 571 g/mol. The van der Waals surface area contributed by atoms with Gasteiger partial charge in [-0.15, -0.1) is 0 Å². The first-order chi connectivity index (χ1) is 17.3. The van der Waals surface area contributed by atoms with E-state index < -0.39 is 10.0 Å². The Kier molecular flexibility index (Phi) is 7.40. The first-order valence-corrected chi connectivity index (χ1v) is 14.1. The highest BCUT2D eigenvalue weighted by atomic mass is 35.5. The molecule has 3 aromatic rings. The number of amides is 1. The van der Waals surface area contributed by atoms with E-state index in [1.165, 1.54) is 16.4 Å². The fourth-order valence-electron chi connectivity index (χ4n) is 4.53. The first kappa shape index (κ1) is 25.6. The Bertz CT molecular complexity index is 1410. The number of fused-ring (bicyclic) bond motifs is 1. The second-order valence-electron chi connectivity index (χ2n) is 8.65. The Morgan fingerprint density at radius 2 is 1.67 bits per heavy atom. The number of morpholine rings is 1. The van der Waals surface area contributed by atoms with Crippen molar-refractivity contribution in [3.63, 3.8) is 0 Å². The predicted octanol–water partition coefficient (Wildman–Crippen LogP) is 4.77. The van der Waals surface area contributed by atoms with Crippen molar-refractivity contribution < 1.29 is 22.4 Å². The molecule has 0 unspecified atom stereocenters. The van der Waals surface area contributed by atoms with Crippen LogP contribution in [0, 0.1) is 0 Å². The maximum absolute atomic E-state index is 13.3. The highest BCUT2D eigenvalue weighted by molar-refractivity contribution is 7.89. The minimum Gasteiger partial charge on any atom is -0.451 e. The number of hydrogen-bond acceptors (Lipinski definition) is 6. The van der Waals surface area contributed by atoms with Gasteiger partial charge < -0.3 is 19.0 Å². The number of nitrogens with zero attached hydrogens (tertiary/aromatic N) is 3. The van der Waals surface area contributed by atoms with E-state index in [-0.39, 0.29) is 28.1 Å². The molecule has 0 saturated carbocycles. The molecular weight excluding hydrogens is 549 g/mol. The van der Waals surface area contributed by atoms with Crippen LogP contribution in [0.4, 0.5) is 5.69 Å². The highest BCUT2D eigenvalue weighted by Crippen LogP contribution is 2.36. The molecule has 192 valence electrons. The molecule has 0 N–H and O–H groups in total. The van der Waals surface area contributed by atoms with E-state index in [2.05, 4.69) is 0 Å². The van der Waals surface area contributed by atoms with Gasteiger partial charge in [0.25, 0.3) is 5.91 Å². The number of furan rings is 1. The summed E-state index contributed by atoms with van der Waals surface area (Å²) in [5.41, 5.74) is 1.28. The van der Waals surface area contributed by atoms with Crippen LogP contribution in [0.2, 0.25) is 15.1 Å². The number of sulfonamides is 1. The van der Waals surface area contributed by atoms with Crippen molar-refractivity contribution in [3.8, 4) is 0 Å². The maximum atomic E-state index is 13.3. The molecule has 5 rings (SSSR count). The third-order valence-corrected chi connectivity index (χ3v) is 9.44. The lowest BCUT2D eigenvalue weighted by atomic mass is 10.2. The molecule has 2 aromatic carbocycles. The number of anilines is 1. The minimum absolute atomic E-state index is 0.000398. The molecule has 1 amide bonds. The van der Waals surface area contributed by atoms with Crippen molar-refractivity contribution in [2.75, 3.05) is 57.4 Å². The Balaban J connectivity index is 1.36. The highest BCUT2D eigenvalue weighted by Gasteiger charge is 2.30. The molecule has 0 bridgehead atoms. The summed E-state index contributed by atoms with van der Waals surface area (Å²) in [5.74, 6) is 0.0416. The summed E-state index contributed by atoms with van der Waals surface area (Å²) in [6, 6.07) is 9.73. The fourth-order valence-corrected chi connectivity index (χ4v) is 7.06. The van der Waals surface area contributed by atoms with E-state index in [9.17, 15) is 13.2 Å². The number of rotatable bonds is 4. The first-order valence-electron chi connectivity index (χ1n) is 11.5. The Hall–Kier alpha value is -2.01. The van der Waals surface area contributed by atoms with E-state index in [1.54, 1.807) is 23.1 Å². The van der Waals surface area contributed by atoms with Gasteiger partial charge in [0.1, 0.15) is 10.5 Å². The molecule has 8 nitrogen and oxygen atoms in total. The summed E-state index contributed by atoms with van der Waals surface area (Å²) >= 11 is 19.0. The van der Waals surface area contributed by atoms with Crippen LogP contribution in [-0.4, -0.2) is 76.0 Å². The van der Waals surface area contributed by atoms with Crippen molar-refractivity contribution in [2.24, 2.45) is 0 Å². The zero-order chi connectivity index (χ0) is 25.4. The molecular formula is C24H24Cl3N3O5S. The molecule has 12 heteroatoms. The lowest BCUT2D eigenvalue weighted by Crippen LogP contribution is -2.40. The molecule has 2 fully saturated rings. The van der Waals surface area contributed by atoms with Crippen LogP contribution >= 0.6 is 34.8 Å². The molecule has 0 radical (unpaired) electrons. The largest absolute Gasteiger partial charge is 0.451 e. The second-order valence-corrected chi connectivity index (χ2v) is 11.8. The van der Waals surface area contributed by atoms with Gasteiger partial charge in [-0.2, -0.15) is 4.31 Å². The molecule has 36 heavy (non-hydrogen) atoms. The minimum atomic E-state index is -3.81. The van der Waals surface area contributed by atoms with Crippen LogP contribution in [0.15, 0.2) is 45.7 Å². The topological polar surface area (TPSA) is 83.3 Å². The summed E-state index contributed by atoms with van der Waals surface area (Å²) in [4.78, 5) is 16.6. The van der Waals surface area contributed by atoms with Crippen LogP contribution in [0.25, 0.3) is 11.0 Å². The summed E-state index contributed by atoms with van der Waals surface area (Å²) in [6.07, 6.45) is 0.595. The van der Waals surface area contributed by atoms with Gasteiger partial charge in [0, 0.05) is 49.7 Å². The lowest BCUT2D eigenvalue weighted by molar-refractivity contribution is 0.0284. The second kappa shape index (κ2) is 10.4. The smallest absolute Gasteiger partial charge is 0.289 e. The van der Waals surface area contributed by atoms with Gasteiger partial charge in [-0.1, -0.05) is 34.8 Å². The maximum Gasteiger partial charge on any atom is 0.289 e. The van der Waals surface area contributed by atoms with Crippen molar-refractivity contribution in [2.45, 2.75) is 11.3 Å². The van der Waals surface area contributed by atoms with Gasteiger partial charge in [-0.25, -0.2) is 8.42 Å². The van der Waals surface area contributed by atoms with Gasteiger partial charge >= 0.3 is 0 Å². The van der Waals surface area contributed by atoms with E-state index >= 15 is 0 Å². The Morgan fingerprint density at radius 3 is 2.44 bits per heavy atom. The van der Waals surface area contributed by atoms with E-state index in [0.717, 1.165) is 5.69 Å². The average molecular weight is 573 g/mol. The molecule has 0 aliphatic carbocycles. The fraction of sp³-hybridized carbons (Fsp3) is 0.375. The molecule has 2 aliphatic rings. The lowest BCUT2D eigenvalue weighted by Gasteiger charge is -2.25. The summed E-state index contributed by atoms with van der Waals surface area (Å²) in [5, 5.41) is 1.55. The number of halogens is 3. The van der Waals surface area contributed by atoms with Crippen LogP contribution in [0.5, 0.6) is 0 Å². The summed E-state index contributed by atoms with van der Waals surface area (Å²) in [7, 11) is -3.81. The number of carbonyl (C=O) groups is 1. The number of ether oxygens (including phenoxy) is 1. The average Bonchev–Trinajstić information content (AvgIpc) is 3.16. The predicted molar refractivity (Wildman–Crippen MR) is 140 cm³/mol. The quantitative estimate of drug-likeness (QED) is 0.448. The van der Waals surface area contributed by atoms with Crippen molar-refractivity contribution in [1.82, 2.24) is 9.21 Å². The third-order valence-electron chi connectivity index (χ3n) is 6.43. The molecule has 1 aromatic heterocycles. The van der Waals surface area contributed by atoms with Crippen LogP contribution < -0.4 is 4.90 Å². The zero-order valence-electron chi connectivity index (χ0n) is 19.3.